The second kappa shape index (κ2) is 4.04. The van der Waals surface area contributed by atoms with Crippen LogP contribution >= 0.6 is 0 Å². The van der Waals surface area contributed by atoms with Gasteiger partial charge in [0.15, 0.2) is 0 Å². The minimum absolute atomic E-state index is 0.0353. The Morgan fingerprint density at radius 1 is 1.32 bits per heavy atom. The summed E-state index contributed by atoms with van der Waals surface area (Å²) in [6.07, 6.45) is 8.01. The van der Waals surface area contributed by atoms with Gasteiger partial charge in [-0.25, -0.2) is 0 Å². The van der Waals surface area contributed by atoms with Crippen LogP contribution in [0.5, 0.6) is 0 Å². The van der Waals surface area contributed by atoms with E-state index in [0.29, 0.717) is 24.4 Å². The average molecular weight is 260 g/mol. The first-order chi connectivity index (χ1) is 8.95. The molecule has 0 unspecified atom stereocenters. The van der Waals surface area contributed by atoms with Crippen molar-refractivity contribution in [3.8, 4) is 0 Å². The summed E-state index contributed by atoms with van der Waals surface area (Å²) >= 11 is 0. The molecular weight excluding hydrogens is 236 g/mol. The van der Waals surface area contributed by atoms with Crippen LogP contribution in [0.3, 0.4) is 0 Å². The number of Topliss-reactive ketones (excluding diaryl/α,β-unsaturated/α-hetero) is 2. The fourth-order valence-corrected chi connectivity index (χ4v) is 5.13. The summed E-state index contributed by atoms with van der Waals surface area (Å²) in [6, 6.07) is 0. The molecule has 0 radical (unpaired) electrons. The Balaban J connectivity index is 2.02. The molecule has 3 rings (SSSR count). The highest BCUT2D eigenvalue weighted by atomic mass is 16.1. The van der Waals surface area contributed by atoms with Gasteiger partial charge in [-0.3, -0.25) is 9.59 Å². The Bertz CT molecular complexity index is 476. The summed E-state index contributed by atoms with van der Waals surface area (Å²) in [4.78, 5) is 24.7. The third kappa shape index (κ3) is 1.43. The number of carbonyl (C=O) groups is 2. The molecule has 0 aliphatic heterocycles. The molecule has 19 heavy (non-hydrogen) atoms. The lowest BCUT2D eigenvalue weighted by Gasteiger charge is -2.39. The normalized spacial score (nSPS) is 44.5. The highest BCUT2D eigenvalue weighted by molar-refractivity contribution is 5.96. The number of unbranched alkanes of at least 4 members (excludes halogenated alkanes) is 1. The summed E-state index contributed by atoms with van der Waals surface area (Å²) < 4.78 is 0. The van der Waals surface area contributed by atoms with Crippen LogP contribution in [0.25, 0.3) is 0 Å². The minimum atomic E-state index is -0.285. The summed E-state index contributed by atoms with van der Waals surface area (Å²) in [6.45, 7) is 6.38. The minimum Gasteiger partial charge on any atom is -0.299 e. The Morgan fingerprint density at radius 2 is 2.05 bits per heavy atom. The third-order valence-corrected chi connectivity index (χ3v) is 6.20. The van der Waals surface area contributed by atoms with Gasteiger partial charge in [0, 0.05) is 29.6 Å². The van der Waals surface area contributed by atoms with E-state index >= 15 is 0 Å². The maximum absolute atomic E-state index is 12.5. The van der Waals surface area contributed by atoms with Crippen LogP contribution in [0.4, 0.5) is 0 Å². The third-order valence-electron chi connectivity index (χ3n) is 6.20. The van der Waals surface area contributed by atoms with Crippen LogP contribution < -0.4 is 0 Å². The summed E-state index contributed by atoms with van der Waals surface area (Å²) in [5, 5.41) is 0. The molecule has 0 aromatic rings. The van der Waals surface area contributed by atoms with Crippen LogP contribution in [0.15, 0.2) is 11.6 Å². The maximum atomic E-state index is 12.5. The molecule has 0 amide bonds. The molecular formula is C17H24O2. The Kier molecular flexibility index (Phi) is 2.78. The zero-order valence-corrected chi connectivity index (χ0v) is 12.3. The first-order valence-corrected chi connectivity index (χ1v) is 7.72. The molecule has 0 heterocycles. The van der Waals surface area contributed by atoms with Crippen molar-refractivity contribution < 1.29 is 9.59 Å². The fourth-order valence-electron chi connectivity index (χ4n) is 5.13. The molecule has 3 aliphatic carbocycles. The largest absolute Gasteiger partial charge is 0.299 e. The number of carbonyl (C=O) groups excluding carboxylic acids is 2. The van der Waals surface area contributed by atoms with E-state index in [1.165, 1.54) is 18.4 Å². The molecule has 2 fully saturated rings. The standard InChI is InChI=1S/C17H24O2/c1-4-5-6-12-9-16(3)15(19)8-13-7-14(18)11(2)17(13,16)10-12/h10-11,13H,4-9H2,1-3H3/t11-,13-,16-,17-/m0/s1. The van der Waals surface area contributed by atoms with Crippen molar-refractivity contribution in [1.29, 1.82) is 0 Å². The van der Waals surface area contributed by atoms with Gasteiger partial charge in [-0.05, 0) is 25.2 Å². The highest BCUT2D eigenvalue weighted by Crippen LogP contribution is 2.69. The van der Waals surface area contributed by atoms with Gasteiger partial charge in [0.25, 0.3) is 0 Å². The van der Waals surface area contributed by atoms with E-state index in [-0.39, 0.29) is 22.7 Å². The first kappa shape index (κ1) is 13.1. The topological polar surface area (TPSA) is 34.1 Å². The van der Waals surface area contributed by atoms with Crippen LogP contribution in [-0.2, 0) is 9.59 Å². The summed E-state index contributed by atoms with van der Waals surface area (Å²) in [5.41, 5.74) is 1.01. The maximum Gasteiger partial charge on any atom is 0.140 e. The lowest BCUT2D eigenvalue weighted by atomic mass is 9.62. The fraction of sp³-hybridized carbons (Fsp3) is 0.765. The molecule has 3 aliphatic rings. The van der Waals surface area contributed by atoms with Gasteiger partial charge in [0.1, 0.15) is 11.6 Å². The van der Waals surface area contributed by atoms with Gasteiger partial charge in [-0.15, -0.1) is 0 Å². The number of allylic oxidation sites excluding steroid dienone is 2. The van der Waals surface area contributed by atoms with Crippen molar-refractivity contribution in [2.45, 2.75) is 59.3 Å². The number of ketones is 2. The van der Waals surface area contributed by atoms with E-state index in [4.69, 9.17) is 0 Å². The van der Waals surface area contributed by atoms with E-state index in [9.17, 15) is 9.59 Å². The van der Waals surface area contributed by atoms with Gasteiger partial charge in [-0.1, -0.05) is 38.8 Å². The van der Waals surface area contributed by atoms with Gasteiger partial charge >= 0.3 is 0 Å². The van der Waals surface area contributed by atoms with Crippen molar-refractivity contribution in [1.82, 2.24) is 0 Å². The molecule has 2 nitrogen and oxygen atoms in total. The summed E-state index contributed by atoms with van der Waals surface area (Å²) in [5.74, 6) is 1.09. The van der Waals surface area contributed by atoms with E-state index in [0.717, 1.165) is 12.8 Å². The Hall–Kier alpha value is -0.920. The van der Waals surface area contributed by atoms with Crippen molar-refractivity contribution in [3.63, 3.8) is 0 Å². The molecule has 0 N–H and O–H groups in total. The van der Waals surface area contributed by atoms with Crippen molar-refractivity contribution in [2.75, 3.05) is 0 Å². The monoisotopic (exact) mass is 260 g/mol. The first-order valence-electron chi connectivity index (χ1n) is 7.72. The average Bonchev–Trinajstić information content (AvgIpc) is 2.86. The van der Waals surface area contributed by atoms with E-state index < -0.39 is 0 Å². The van der Waals surface area contributed by atoms with Gasteiger partial charge in [-0.2, -0.15) is 0 Å². The second-order valence-electron chi connectivity index (χ2n) is 7.06. The molecule has 0 aromatic heterocycles. The van der Waals surface area contributed by atoms with Crippen LogP contribution in [0, 0.1) is 22.7 Å². The molecule has 0 bridgehead atoms. The van der Waals surface area contributed by atoms with Gasteiger partial charge in [0.2, 0.25) is 0 Å². The lowest BCUT2D eigenvalue weighted by Crippen LogP contribution is -2.40. The van der Waals surface area contributed by atoms with E-state index in [1.807, 2.05) is 0 Å². The quantitative estimate of drug-likeness (QED) is 0.725. The van der Waals surface area contributed by atoms with Crippen molar-refractivity contribution in [2.24, 2.45) is 22.7 Å². The number of hydrogen-bond donors (Lipinski definition) is 0. The predicted molar refractivity (Wildman–Crippen MR) is 74.7 cm³/mol. The van der Waals surface area contributed by atoms with Crippen molar-refractivity contribution >= 4 is 11.6 Å². The smallest absolute Gasteiger partial charge is 0.140 e. The molecule has 1 spiro atoms. The Morgan fingerprint density at radius 3 is 2.74 bits per heavy atom. The summed E-state index contributed by atoms with van der Waals surface area (Å²) in [7, 11) is 0. The van der Waals surface area contributed by atoms with Gasteiger partial charge < -0.3 is 0 Å². The molecule has 0 saturated heterocycles. The van der Waals surface area contributed by atoms with E-state index in [1.54, 1.807) is 0 Å². The van der Waals surface area contributed by atoms with Crippen LogP contribution in [0.2, 0.25) is 0 Å². The second-order valence-corrected chi connectivity index (χ2v) is 7.06. The van der Waals surface area contributed by atoms with Crippen molar-refractivity contribution in [3.05, 3.63) is 11.6 Å². The number of rotatable bonds is 3. The molecule has 2 saturated carbocycles. The van der Waals surface area contributed by atoms with Crippen LogP contribution in [-0.4, -0.2) is 11.6 Å². The zero-order chi connectivity index (χ0) is 13.8. The Labute approximate surface area is 115 Å². The SMILES string of the molecule is CCCCC1=C[C@@]23[C@@H](CC(=O)[C@@H]2C)CC(=O)[C@]3(C)C1. The predicted octanol–water partition coefficient (Wildman–Crippen LogP) is 3.70. The zero-order valence-electron chi connectivity index (χ0n) is 12.3. The molecule has 2 heteroatoms. The molecule has 104 valence electrons. The van der Waals surface area contributed by atoms with Crippen LogP contribution in [0.1, 0.15) is 59.3 Å². The highest BCUT2D eigenvalue weighted by Gasteiger charge is 2.69. The number of hydrogen-bond acceptors (Lipinski definition) is 2. The van der Waals surface area contributed by atoms with Gasteiger partial charge in [0.05, 0.1) is 0 Å². The molecule has 0 aromatic carbocycles. The van der Waals surface area contributed by atoms with E-state index in [2.05, 4.69) is 26.8 Å². The molecule has 4 atom stereocenters. The lowest BCUT2D eigenvalue weighted by molar-refractivity contribution is -0.130.